The van der Waals surface area contributed by atoms with Crippen molar-refractivity contribution in [3.8, 4) is 17.1 Å². The van der Waals surface area contributed by atoms with E-state index in [9.17, 15) is 4.79 Å². The first-order chi connectivity index (χ1) is 19.2. The SMILES string of the molecule is O=C(c1coc(CSc2nnc(-c3ccccc3)n2-c2ccccc2)n1)N1CCN(Cc2ccccc2)CC1. The molecule has 196 valence electrons. The van der Waals surface area contributed by atoms with Crippen LogP contribution in [0.15, 0.2) is 107 Å². The molecule has 0 spiro atoms. The summed E-state index contributed by atoms with van der Waals surface area (Å²) in [5.41, 5.74) is 3.58. The molecular weight excluding hydrogens is 508 g/mol. The molecule has 0 unspecified atom stereocenters. The van der Waals surface area contributed by atoms with Gasteiger partial charge in [0.25, 0.3) is 5.91 Å². The summed E-state index contributed by atoms with van der Waals surface area (Å²) < 4.78 is 7.72. The van der Waals surface area contributed by atoms with E-state index >= 15 is 0 Å². The number of amides is 1. The minimum Gasteiger partial charge on any atom is -0.447 e. The molecule has 9 heteroatoms. The Labute approximate surface area is 231 Å². The van der Waals surface area contributed by atoms with E-state index in [1.165, 1.54) is 23.6 Å². The molecule has 8 nitrogen and oxygen atoms in total. The molecule has 39 heavy (non-hydrogen) atoms. The lowest BCUT2D eigenvalue weighted by atomic mass is 10.2. The van der Waals surface area contributed by atoms with E-state index in [4.69, 9.17) is 4.42 Å². The van der Waals surface area contributed by atoms with Gasteiger partial charge in [-0.1, -0.05) is 90.6 Å². The van der Waals surface area contributed by atoms with E-state index in [1.807, 2.05) is 76.2 Å². The smallest absolute Gasteiger partial charge is 0.275 e. The van der Waals surface area contributed by atoms with Crippen LogP contribution in [0.4, 0.5) is 0 Å². The van der Waals surface area contributed by atoms with Gasteiger partial charge >= 0.3 is 0 Å². The Morgan fingerprint density at radius 2 is 1.49 bits per heavy atom. The van der Waals surface area contributed by atoms with Gasteiger partial charge in [0, 0.05) is 44.0 Å². The zero-order chi connectivity index (χ0) is 26.4. The molecule has 0 saturated carbocycles. The van der Waals surface area contributed by atoms with Gasteiger partial charge in [-0.2, -0.15) is 0 Å². The van der Waals surface area contributed by atoms with Gasteiger partial charge in [0.15, 0.2) is 16.7 Å². The van der Waals surface area contributed by atoms with E-state index in [0.29, 0.717) is 30.4 Å². The zero-order valence-corrected chi connectivity index (χ0v) is 22.2. The summed E-state index contributed by atoms with van der Waals surface area (Å²) >= 11 is 1.47. The molecule has 1 fully saturated rings. The van der Waals surface area contributed by atoms with Gasteiger partial charge in [0.1, 0.15) is 6.26 Å². The molecule has 0 atom stereocenters. The molecule has 0 bridgehead atoms. The fraction of sp³-hybridized carbons (Fsp3) is 0.200. The van der Waals surface area contributed by atoms with E-state index in [0.717, 1.165) is 41.9 Å². The van der Waals surface area contributed by atoms with Gasteiger partial charge in [-0.15, -0.1) is 10.2 Å². The molecule has 1 aliphatic rings. The van der Waals surface area contributed by atoms with Gasteiger partial charge in [0.05, 0.1) is 5.75 Å². The number of nitrogens with zero attached hydrogens (tertiary/aromatic N) is 6. The summed E-state index contributed by atoms with van der Waals surface area (Å²) in [6.45, 7) is 3.91. The summed E-state index contributed by atoms with van der Waals surface area (Å²) in [7, 11) is 0. The molecule has 1 amide bonds. The fourth-order valence-corrected chi connectivity index (χ4v) is 5.47. The quantitative estimate of drug-likeness (QED) is 0.253. The predicted molar refractivity (Wildman–Crippen MR) is 150 cm³/mol. The van der Waals surface area contributed by atoms with Gasteiger partial charge < -0.3 is 9.32 Å². The Balaban J connectivity index is 1.10. The molecule has 5 aromatic rings. The van der Waals surface area contributed by atoms with Crippen molar-refractivity contribution >= 4 is 17.7 Å². The normalized spacial score (nSPS) is 14.0. The van der Waals surface area contributed by atoms with Crippen LogP contribution in [0.2, 0.25) is 0 Å². The number of oxazole rings is 1. The summed E-state index contributed by atoms with van der Waals surface area (Å²) in [5.74, 6) is 1.58. The maximum Gasteiger partial charge on any atom is 0.275 e. The van der Waals surface area contributed by atoms with Crippen LogP contribution < -0.4 is 0 Å². The molecular formula is C30H28N6O2S. The number of para-hydroxylation sites is 1. The number of piperazine rings is 1. The third-order valence-electron chi connectivity index (χ3n) is 6.68. The van der Waals surface area contributed by atoms with Gasteiger partial charge in [-0.05, 0) is 17.7 Å². The molecule has 0 radical (unpaired) electrons. The maximum absolute atomic E-state index is 13.1. The van der Waals surface area contributed by atoms with Crippen molar-refractivity contribution < 1.29 is 9.21 Å². The minimum absolute atomic E-state index is 0.0897. The van der Waals surface area contributed by atoms with Crippen molar-refractivity contribution in [1.29, 1.82) is 0 Å². The number of rotatable bonds is 8. The molecule has 1 saturated heterocycles. The van der Waals surface area contributed by atoms with E-state index in [1.54, 1.807) is 0 Å². The van der Waals surface area contributed by atoms with Crippen LogP contribution in [0.3, 0.4) is 0 Å². The van der Waals surface area contributed by atoms with Crippen LogP contribution in [0, 0.1) is 0 Å². The number of carbonyl (C=O) groups is 1. The fourth-order valence-electron chi connectivity index (χ4n) is 4.66. The second-order valence-corrected chi connectivity index (χ2v) is 10.3. The number of thioether (sulfide) groups is 1. The van der Waals surface area contributed by atoms with E-state index in [2.05, 4.69) is 44.3 Å². The highest BCUT2D eigenvalue weighted by molar-refractivity contribution is 7.98. The van der Waals surface area contributed by atoms with Crippen LogP contribution in [-0.4, -0.2) is 61.6 Å². The first-order valence-electron chi connectivity index (χ1n) is 12.9. The van der Waals surface area contributed by atoms with Crippen molar-refractivity contribution in [3.63, 3.8) is 0 Å². The standard InChI is InChI=1S/C30H28N6O2S/c37-29(35-18-16-34(17-19-35)20-23-10-4-1-5-11-23)26-21-38-27(31-26)22-39-30-33-32-28(24-12-6-2-7-13-24)36(30)25-14-8-3-9-15-25/h1-15,21H,16-20,22H2. The average Bonchev–Trinajstić information content (AvgIpc) is 3.65. The second-order valence-electron chi connectivity index (χ2n) is 9.31. The average molecular weight is 537 g/mol. The van der Waals surface area contributed by atoms with Crippen molar-refractivity contribution in [2.75, 3.05) is 26.2 Å². The van der Waals surface area contributed by atoms with E-state index in [-0.39, 0.29) is 5.91 Å². The van der Waals surface area contributed by atoms with Crippen LogP contribution in [0.25, 0.3) is 17.1 Å². The molecule has 3 aromatic carbocycles. The second kappa shape index (κ2) is 11.7. The number of carbonyl (C=O) groups excluding carboxylic acids is 1. The zero-order valence-electron chi connectivity index (χ0n) is 21.4. The molecule has 2 aromatic heterocycles. The summed E-state index contributed by atoms with van der Waals surface area (Å²) in [4.78, 5) is 21.8. The van der Waals surface area contributed by atoms with Crippen LogP contribution >= 0.6 is 11.8 Å². The largest absolute Gasteiger partial charge is 0.447 e. The number of benzene rings is 3. The third kappa shape index (κ3) is 5.79. The Hall–Kier alpha value is -4.21. The van der Waals surface area contributed by atoms with Gasteiger partial charge in [0.2, 0.25) is 5.89 Å². The maximum atomic E-state index is 13.1. The molecule has 1 aliphatic heterocycles. The lowest BCUT2D eigenvalue weighted by molar-refractivity contribution is 0.0622. The van der Waals surface area contributed by atoms with Crippen molar-refractivity contribution in [1.82, 2.24) is 29.5 Å². The minimum atomic E-state index is -0.0897. The van der Waals surface area contributed by atoms with Crippen LogP contribution in [0.1, 0.15) is 21.9 Å². The predicted octanol–water partition coefficient (Wildman–Crippen LogP) is 5.17. The first-order valence-corrected chi connectivity index (χ1v) is 13.9. The molecule has 3 heterocycles. The highest BCUT2D eigenvalue weighted by Crippen LogP contribution is 2.29. The number of aromatic nitrogens is 4. The molecule has 6 rings (SSSR count). The first kappa shape index (κ1) is 25.1. The molecule has 0 N–H and O–H groups in total. The van der Waals surface area contributed by atoms with Crippen molar-refractivity contribution in [3.05, 3.63) is 114 Å². The topological polar surface area (TPSA) is 80.3 Å². The number of hydrogen-bond donors (Lipinski definition) is 0. The van der Waals surface area contributed by atoms with Crippen LogP contribution in [0.5, 0.6) is 0 Å². The lowest BCUT2D eigenvalue weighted by Gasteiger charge is -2.34. The number of hydrogen-bond acceptors (Lipinski definition) is 7. The summed E-state index contributed by atoms with van der Waals surface area (Å²) in [5, 5.41) is 9.66. The highest BCUT2D eigenvalue weighted by Gasteiger charge is 2.25. The van der Waals surface area contributed by atoms with Crippen LogP contribution in [-0.2, 0) is 12.3 Å². The Morgan fingerprint density at radius 3 is 2.21 bits per heavy atom. The Morgan fingerprint density at radius 1 is 0.821 bits per heavy atom. The summed E-state index contributed by atoms with van der Waals surface area (Å²) in [6, 6.07) is 30.4. The monoisotopic (exact) mass is 536 g/mol. The van der Waals surface area contributed by atoms with Gasteiger partial charge in [-0.25, -0.2) is 4.98 Å². The third-order valence-corrected chi connectivity index (χ3v) is 7.60. The Bertz CT molecular complexity index is 1510. The van der Waals surface area contributed by atoms with Crippen molar-refractivity contribution in [2.24, 2.45) is 0 Å². The lowest BCUT2D eigenvalue weighted by Crippen LogP contribution is -2.48. The highest BCUT2D eigenvalue weighted by atomic mass is 32.2. The van der Waals surface area contributed by atoms with E-state index < -0.39 is 0 Å². The van der Waals surface area contributed by atoms with Crippen molar-refractivity contribution in [2.45, 2.75) is 17.5 Å². The summed E-state index contributed by atoms with van der Waals surface area (Å²) in [6.07, 6.45) is 1.46. The Kier molecular flexibility index (Phi) is 7.51. The van der Waals surface area contributed by atoms with Gasteiger partial charge in [-0.3, -0.25) is 14.3 Å². The molecule has 0 aliphatic carbocycles.